The highest BCUT2D eigenvalue weighted by Crippen LogP contribution is 2.14. The first-order valence-corrected chi connectivity index (χ1v) is 4.84. The standard InChI is InChI=1S/C11H15NO4/c1-11(2,3)16-10(14)8-7(5-6-12-8)9(13)15-4/h5-6,12H,1-4H3. The lowest BCUT2D eigenvalue weighted by Gasteiger charge is -2.19. The van der Waals surface area contributed by atoms with Crippen molar-refractivity contribution in [3.63, 3.8) is 0 Å². The predicted octanol–water partition coefficient (Wildman–Crippen LogP) is 1.76. The lowest BCUT2D eigenvalue weighted by Crippen LogP contribution is -2.25. The van der Waals surface area contributed by atoms with Crippen LogP contribution in [0.5, 0.6) is 0 Å². The van der Waals surface area contributed by atoms with Gasteiger partial charge < -0.3 is 14.5 Å². The van der Waals surface area contributed by atoms with Gasteiger partial charge in [-0.05, 0) is 26.8 Å². The molecule has 0 saturated carbocycles. The summed E-state index contributed by atoms with van der Waals surface area (Å²) in [5.74, 6) is -1.14. The number of aromatic amines is 1. The molecule has 5 nitrogen and oxygen atoms in total. The van der Waals surface area contributed by atoms with Crippen molar-refractivity contribution in [3.05, 3.63) is 23.5 Å². The number of esters is 2. The summed E-state index contributed by atoms with van der Waals surface area (Å²) in [4.78, 5) is 25.7. The number of H-pyrrole nitrogens is 1. The van der Waals surface area contributed by atoms with E-state index < -0.39 is 17.5 Å². The summed E-state index contributed by atoms with van der Waals surface area (Å²) < 4.78 is 9.69. The summed E-state index contributed by atoms with van der Waals surface area (Å²) in [6, 6.07) is 1.48. The molecule has 1 N–H and O–H groups in total. The van der Waals surface area contributed by atoms with E-state index >= 15 is 0 Å². The van der Waals surface area contributed by atoms with E-state index in [0.29, 0.717) is 0 Å². The molecule has 0 bridgehead atoms. The van der Waals surface area contributed by atoms with Gasteiger partial charge in [-0.1, -0.05) is 0 Å². The molecule has 1 aromatic heterocycles. The van der Waals surface area contributed by atoms with E-state index in [0.717, 1.165) is 0 Å². The maximum absolute atomic E-state index is 11.7. The van der Waals surface area contributed by atoms with Gasteiger partial charge in [-0.25, -0.2) is 9.59 Å². The highest BCUT2D eigenvalue weighted by molar-refractivity contribution is 6.02. The van der Waals surface area contributed by atoms with Gasteiger partial charge in [-0.2, -0.15) is 0 Å². The lowest BCUT2D eigenvalue weighted by molar-refractivity contribution is 0.00593. The van der Waals surface area contributed by atoms with Gasteiger partial charge in [0.25, 0.3) is 0 Å². The minimum absolute atomic E-state index is 0.113. The molecule has 16 heavy (non-hydrogen) atoms. The Hall–Kier alpha value is -1.78. The van der Waals surface area contributed by atoms with Crippen LogP contribution < -0.4 is 0 Å². The van der Waals surface area contributed by atoms with Crippen LogP contribution in [0.15, 0.2) is 12.3 Å². The molecule has 0 spiro atoms. The molecule has 0 radical (unpaired) electrons. The van der Waals surface area contributed by atoms with E-state index in [9.17, 15) is 9.59 Å². The largest absolute Gasteiger partial charge is 0.465 e. The number of aromatic nitrogens is 1. The molecule has 0 aliphatic carbocycles. The van der Waals surface area contributed by atoms with Gasteiger partial charge in [0.2, 0.25) is 0 Å². The number of hydrogen-bond acceptors (Lipinski definition) is 4. The summed E-state index contributed by atoms with van der Waals surface area (Å²) in [5, 5.41) is 0. The first-order valence-electron chi connectivity index (χ1n) is 4.84. The molecule has 0 fully saturated rings. The molecule has 1 rings (SSSR count). The van der Waals surface area contributed by atoms with Gasteiger partial charge in [-0.3, -0.25) is 0 Å². The van der Waals surface area contributed by atoms with Gasteiger partial charge in [0.1, 0.15) is 11.3 Å². The number of rotatable bonds is 2. The highest BCUT2D eigenvalue weighted by Gasteiger charge is 2.24. The van der Waals surface area contributed by atoms with E-state index in [1.54, 1.807) is 20.8 Å². The molecule has 1 heterocycles. The third-order valence-electron chi connectivity index (χ3n) is 1.76. The van der Waals surface area contributed by atoms with Crippen molar-refractivity contribution in [2.75, 3.05) is 7.11 Å². The first-order chi connectivity index (χ1) is 7.35. The normalized spacial score (nSPS) is 11.0. The van der Waals surface area contributed by atoms with Crippen LogP contribution in [0.1, 0.15) is 41.6 Å². The zero-order valence-corrected chi connectivity index (χ0v) is 9.79. The van der Waals surface area contributed by atoms with Gasteiger partial charge >= 0.3 is 11.9 Å². The Balaban J connectivity index is 2.93. The Morgan fingerprint density at radius 1 is 1.25 bits per heavy atom. The highest BCUT2D eigenvalue weighted by atomic mass is 16.6. The number of hydrogen-bond donors (Lipinski definition) is 1. The second kappa shape index (κ2) is 4.38. The summed E-state index contributed by atoms with van der Waals surface area (Å²) in [6.45, 7) is 5.27. The Kier molecular flexibility index (Phi) is 3.37. The molecule has 0 aliphatic rings. The monoisotopic (exact) mass is 225 g/mol. The predicted molar refractivity (Wildman–Crippen MR) is 57.3 cm³/mol. The van der Waals surface area contributed by atoms with Crippen molar-refractivity contribution in [2.24, 2.45) is 0 Å². The zero-order chi connectivity index (χ0) is 12.3. The van der Waals surface area contributed by atoms with Crippen molar-refractivity contribution in [1.82, 2.24) is 4.98 Å². The van der Waals surface area contributed by atoms with E-state index in [-0.39, 0.29) is 11.3 Å². The van der Waals surface area contributed by atoms with Crippen LogP contribution in [0.3, 0.4) is 0 Å². The van der Waals surface area contributed by atoms with Crippen molar-refractivity contribution in [2.45, 2.75) is 26.4 Å². The van der Waals surface area contributed by atoms with Crippen LogP contribution in [-0.2, 0) is 9.47 Å². The van der Waals surface area contributed by atoms with Crippen LogP contribution in [0, 0.1) is 0 Å². The number of methoxy groups -OCH3 is 1. The third-order valence-corrected chi connectivity index (χ3v) is 1.76. The summed E-state index contributed by atoms with van der Waals surface area (Å²) in [5.41, 5.74) is -0.311. The summed E-state index contributed by atoms with van der Waals surface area (Å²) in [6.07, 6.45) is 1.49. The van der Waals surface area contributed by atoms with Crippen LogP contribution in [0.2, 0.25) is 0 Å². The van der Waals surface area contributed by atoms with Crippen LogP contribution in [0.4, 0.5) is 0 Å². The minimum atomic E-state index is -0.602. The van der Waals surface area contributed by atoms with Gasteiger partial charge in [0.15, 0.2) is 0 Å². The molecule has 0 atom stereocenters. The number of ether oxygens (including phenoxy) is 2. The van der Waals surface area contributed by atoms with Gasteiger partial charge in [0, 0.05) is 6.20 Å². The van der Waals surface area contributed by atoms with E-state index in [4.69, 9.17) is 4.74 Å². The molecular formula is C11H15NO4. The van der Waals surface area contributed by atoms with Crippen LogP contribution >= 0.6 is 0 Å². The molecule has 0 saturated heterocycles. The summed E-state index contributed by atoms with van der Waals surface area (Å²) >= 11 is 0. The second-order valence-electron chi connectivity index (χ2n) is 4.26. The maximum Gasteiger partial charge on any atom is 0.356 e. The molecular weight excluding hydrogens is 210 g/mol. The Bertz CT molecular complexity index is 400. The Morgan fingerprint density at radius 3 is 2.38 bits per heavy atom. The Morgan fingerprint density at radius 2 is 1.88 bits per heavy atom. The third kappa shape index (κ3) is 2.85. The molecule has 1 aromatic rings. The van der Waals surface area contributed by atoms with E-state index in [1.807, 2.05) is 0 Å². The average Bonchev–Trinajstić information content (AvgIpc) is 2.62. The molecule has 88 valence electrons. The smallest absolute Gasteiger partial charge is 0.356 e. The van der Waals surface area contributed by atoms with Crippen molar-refractivity contribution in [1.29, 1.82) is 0 Å². The van der Waals surface area contributed by atoms with Crippen molar-refractivity contribution < 1.29 is 19.1 Å². The second-order valence-corrected chi connectivity index (χ2v) is 4.26. The lowest BCUT2D eigenvalue weighted by atomic mass is 10.2. The summed E-state index contributed by atoms with van der Waals surface area (Å²) in [7, 11) is 1.26. The minimum Gasteiger partial charge on any atom is -0.465 e. The molecule has 0 aromatic carbocycles. The molecule has 0 unspecified atom stereocenters. The first kappa shape index (κ1) is 12.3. The fourth-order valence-electron chi connectivity index (χ4n) is 1.15. The number of carbonyl (C=O) groups is 2. The Labute approximate surface area is 93.7 Å². The number of nitrogens with one attached hydrogen (secondary N) is 1. The van der Waals surface area contributed by atoms with Gasteiger partial charge in [-0.15, -0.1) is 0 Å². The average molecular weight is 225 g/mol. The van der Waals surface area contributed by atoms with E-state index in [1.165, 1.54) is 19.4 Å². The fourth-order valence-corrected chi connectivity index (χ4v) is 1.15. The molecule has 0 amide bonds. The molecule has 0 aliphatic heterocycles. The fraction of sp³-hybridized carbons (Fsp3) is 0.455. The zero-order valence-electron chi connectivity index (χ0n) is 9.79. The number of carbonyl (C=O) groups excluding carboxylic acids is 2. The van der Waals surface area contributed by atoms with Gasteiger partial charge in [0.05, 0.1) is 12.7 Å². The van der Waals surface area contributed by atoms with E-state index in [2.05, 4.69) is 9.72 Å². The van der Waals surface area contributed by atoms with Crippen molar-refractivity contribution in [3.8, 4) is 0 Å². The molecule has 5 heteroatoms. The van der Waals surface area contributed by atoms with Crippen molar-refractivity contribution >= 4 is 11.9 Å². The maximum atomic E-state index is 11.7. The topological polar surface area (TPSA) is 68.4 Å². The van der Waals surface area contributed by atoms with Crippen LogP contribution in [-0.4, -0.2) is 29.6 Å². The quantitative estimate of drug-likeness (QED) is 0.778. The van der Waals surface area contributed by atoms with Crippen LogP contribution in [0.25, 0.3) is 0 Å². The SMILES string of the molecule is COC(=O)c1cc[nH]c1C(=O)OC(C)(C)C.